The topological polar surface area (TPSA) is 95.3 Å². The molecule has 8 nitrogen and oxygen atoms in total. The molecule has 0 saturated heterocycles. The lowest BCUT2D eigenvalue weighted by Gasteiger charge is -2.09. The smallest absolute Gasteiger partial charge is 0.358 e. The molecule has 0 aliphatic carbocycles. The zero-order valence-corrected chi connectivity index (χ0v) is 18.0. The van der Waals surface area contributed by atoms with E-state index >= 15 is 0 Å². The summed E-state index contributed by atoms with van der Waals surface area (Å²) in [7, 11) is 0. The maximum absolute atomic E-state index is 12.7. The van der Waals surface area contributed by atoms with Gasteiger partial charge in [-0.15, -0.1) is 0 Å². The lowest BCUT2D eigenvalue weighted by molar-refractivity contribution is 0.0519. The first kappa shape index (κ1) is 21.8. The summed E-state index contributed by atoms with van der Waals surface area (Å²) in [5, 5.41) is 7.09. The van der Waals surface area contributed by atoms with Crippen molar-refractivity contribution in [1.29, 1.82) is 0 Å². The third-order valence-electron chi connectivity index (χ3n) is 4.69. The maximum Gasteiger partial charge on any atom is 0.358 e. The van der Waals surface area contributed by atoms with Crippen molar-refractivity contribution in [3.63, 3.8) is 0 Å². The van der Waals surface area contributed by atoms with Gasteiger partial charge in [-0.05, 0) is 61.5 Å². The number of nitrogens with one attached hydrogen (secondary N) is 1. The molecule has 0 fully saturated rings. The van der Waals surface area contributed by atoms with Crippen molar-refractivity contribution in [2.24, 2.45) is 0 Å². The molecule has 0 bridgehead atoms. The van der Waals surface area contributed by atoms with Crippen molar-refractivity contribution in [3.05, 3.63) is 102 Å². The summed E-state index contributed by atoms with van der Waals surface area (Å²) in [6.07, 6.45) is 5.12. The van der Waals surface area contributed by atoms with Gasteiger partial charge in [-0.25, -0.2) is 9.48 Å². The third-order valence-corrected chi connectivity index (χ3v) is 4.69. The summed E-state index contributed by atoms with van der Waals surface area (Å²) < 4.78 is 12.3. The first-order chi connectivity index (χ1) is 16.1. The van der Waals surface area contributed by atoms with Gasteiger partial charge in [0.25, 0.3) is 5.91 Å². The van der Waals surface area contributed by atoms with Crippen LogP contribution >= 0.6 is 0 Å². The first-order valence-electron chi connectivity index (χ1n) is 10.4. The second-order valence-corrected chi connectivity index (χ2v) is 7.04. The molecule has 2 aromatic heterocycles. The number of hydrogen-bond donors (Lipinski definition) is 1. The van der Waals surface area contributed by atoms with E-state index in [-0.39, 0.29) is 11.6 Å². The predicted molar refractivity (Wildman–Crippen MR) is 122 cm³/mol. The van der Waals surface area contributed by atoms with E-state index < -0.39 is 5.97 Å². The molecule has 0 aliphatic heterocycles. The Hall–Kier alpha value is -4.46. The van der Waals surface area contributed by atoms with Crippen molar-refractivity contribution in [1.82, 2.24) is 14.8 Å². The highest BCUT2D eigenvalue weighted by atomic mass is 16.5. The maximum atomic E-state index is 12.7. The van der Waals surface area contributed by atoms with E-state index in [4.69, 9.17) is 9.47 Å². The fourth-order valence-electron chi connectivity index (χ4n) is 3.06. The van der Waals surface area contributed by atoms with Gasteiger partial charge in [0.2, 0.25) is 0 Å². The van der Waals surface area contributed by atoms with Crippen LogP contribution in [-0.2, 0) is 11.3 Å². The zero-order chi connectivity index (χ0) is 23.0. The van der Waals surface area contributed by atoms with Crippen molar-refractivity contribution < 1.29 is 19.1 Å². The molecule has 4 aromatic rings. The zero-order valence-electron chi connectivity index (χ0n) is 18.0. The number of amides is 1. The van der Waals surface area contributed by atoms with Gasteiger partial charge in [-0.1, -0.05) is 12.1 Å². The van der Waals surface area contributed by atoms with Gasteiger partial charge in [0.1, 0.15) is 12.4 Å². The summed E-state index contributed by atoms with van der Waals surface area (Å²) >= 11 is 0. The molecular formula is C25H22N4O4. The Bertz CT molecular complexity index is 1240. The third kappa shape index (κ3) is 5.62. The molecule has 4 rings (SSSR count). The van der Waals surface area contributed by atoms with Crippen LogP contribution in [0, 0.1) is 0 Å². The normalized spacial score (nSPS) is 10.5. The number of nitrogens with zero attached hydrogens (tertiary/aromatic N) is 3. The second-order valence-electron chi connectivity index (χ2n) is 7.04. The molecule has 2 heterocycles. The lowest BCUT2D eigenvalue weighted by atomic mass is 10.2. The average molecular weight is 442 g/mol. The number of ether oxygens (including phenoxy) is 2. The number of benzene rings is 2. The molecule has 1 N–H and O–H groups in total. The number of aromatic nitrogens is 3. The van der Waals surface area contributed by atoms with Crippen molar-refractivity contribution >= 4 is 17.6 Å². The molecule has 2 aromatic carbocycles. The molecule has 0 spiro atoms. The first-order valence-corrected chi connectivity index (χ1v) is 10.4. The Balaban J connectivity index is 1.38. The number of esters is 1. The van der Waals surface area contributed by atoms with Crippen LogP contribution in [0.25, 0.3) is 5.69 Å². The molecule has 0 atom stereocenters. The van der Waals surface area contributed by atoms with Gasteiger partial charge >= 0.3 is 5.97 Å². The molecule has 0 radical (unpaired) electrons. The number of rotatable bonds is 8. The van der Waals surface area contributed by atoms with Crippen LogP contribution in [0.4, 0.5) is 5.69 Å². The highest BCUT2D eigenvalue weighted by molar-refractivity contribution is 6.04. The Morgan fingerprint density at radius 1 is 1.03 bits per heavy atom. The number of carbonyl (C=O) groups is 2. The summed E-state index contributed by atoms with van der Waals surface area (Å²) in [5.74, 6) is -0.122. The van der Waals surface area contributed by atoms with Crippen molar-refractivity contribution in [2.45, 2.75) is 13.5 Å². The van der Waals surface area contributed by atoms with Crippen LogP contribution in [0.5, 0.6) is 5.75 Å². The number of anilines is 1. The summed E-state index contributed by atoms with van der Waals surface area (Å²) in [4.78, 5) is 28.5. The van der Waals surface area contributed by atoms with Crippen molar-refractivity contribution in [3.8, 4) is 11.4 Å². The fourth-order valence-corrected chi connectivity index (χ4v) is 3.06. The predicted octanol–water partition coefficient (Wildman–Crippen LogP) is 4.28. The summed E-state index contributed by atoms with van der Waals surface area (Å²) in [6.45, 7) is 2.40. The Labute approximate surface area is 190 Å². The van der Waals surface area contributed by atoms with E-state index in [1.165, 1.54) is 0 Å². The van der Waals surface area contributed by atoms with Crippen LogP contribution in [0.2, 0.25) is 0 Å². The number of hydrogen-bond acceptors (Lipinski definition) is 6. The number of pyridine rings is 1. The van der Waals surface area contributed by atoms with Gasteiger partial charge in [-0.3, -0.25) is 9.78 Å². The summed E-state index contributed by atoms with van der Waals surface area (Å²) in [5.41, 5.74) is 3.03. The van der Waals surface area contributed by atoms with E-state index in [1.54, 1.807) is 84.8 Å². The van der Waals surface area contributed by atoms with Gasteiger partial charge in [0.15, 0.2) is 5.69 Å². The molecule has 0 aliphatic rings. The fraction of sp³-hybridized carbons (Fsp3) is 0.120. The largest absolute Gasteiger partial charge is 0.489 e. The minimum atomic E-state index is -0.466. The summed E-state index contributed by atoms with van der Waals surface area (Å²) in [6, 6.07) is 19.5. The van der Waals surface area contributed by atoms with Crippen LogP contribution in [0.1, 0.15) is 33.3 Å². The highest BCUT2D eigenvalue weighted by Crippen LogP contribution is 2.18. The van der Waals surface area contributed by atoms with E-state index in [2.05, 4.69) is 15.4 Å². The molecule has 33 heavy (non-hydrogen) atoms. The Morgan fingerprint density at radius 2 is 1.88 bits per heavy atom. The van der Waals surface area contributed by atoms with E-state index in [0.717, 1.165) is 11.3 Å². The molecular weight excluding hydrogens is 420 g/mol. The monoisotopic (exact) mass is 442 g/mol. The lowest BCUT2D eigenvalue weighted by Crippen LogP contribution is -2.12. The van der Waals surface area contributed by atoms with E-state index in [1.807, 2.05) is 12.1 Å². The molecule has 0 saturated carbocycles. The SMILES string of the molecule is CCOC(=O)c1ccn(-c2ccc(NC(=O)c3cccc(OCc4cccnc4)c3)cc2)n1. The van der Waals surface area contributed by atoms with Crippen LogP contribution in [0.3, 0.4) is 0 Å². The minimum Gasteiger partial charge on any atom is -0.489 e. The molecule has 1 amide bonds. The van der Waals surface area contributed by atoms with Crippen LogP contribution < -0.4 is 10.1 Å². The molecule has 8 heteroatoms. The second kappa shape index (κ2) is 10.2. The van der Waals surface area contributed by atoms with Gasteiger partial charge in [0.05, 0.1) is 12.3 Å². The van der Waals surface area contributed by atoms with Crippen LogP contribution in [0.15, 0.2) is 85.3 Å². The highest BCUT2D eigenvalue weighted by Gasteiger charge is 2.11. The Morgan fingerprint density at radius 3 is 2.64 bits per heavy atom. The van der Waals surface area contributed by atoms with Gasteiger partial charge < -0.3 is 14.8 Å². The van der Waals surface area contributed by atoms with E-state index in [0.29, 0.717) is 30.2 Å². The average Bonchev–Trinajstić information content (AvgIpc) is 3.35. The Kier molecular flexibility index (Phi) is 6.75. The van der Waals surface area contributed by atoms with Gasteiger partial charge in [0, 0.05) is 35.4 Å². The molecule has 0 unspecified atom stereocenters. The minimum absolute atomic E-state index is 0.236. The van der Waals surface area contributed by atoms with E-state index in [9.17, 15) is 9.59 Å². The standard InChI is InChI=1S/C25H22N4O4/c1-2-32-25(31)23-12-14-29(28-23)21-10-8-20(9-11-21)27-24(30)19-6-3-7-22(15-19)33-17-18-5-4-13-26-16-18/h3-16H,2,17H2,1H3,(H,27,30). The quantitative estimate of drug-likeness (QED) is 0.410. The molecule has 166 valence electrons. The van der Waals surface area contributed by atoms with Crippen LogP contribution in [-0.4, -0.2) is 33.2 Å². The van der Waals surface area contributed by atoms with Crippen molar-refractivity contribution in [2.75, 3.05) is 11.9 Å². The van der Waals surface area contributed by atoms with Gasteiger partial charge in [-0.2, -0.15) is 5.10 Å². The number of carbonyl (C=O) groups excluding carboxylic acids is 2.